The minimum absolute atomic E-state index is 0.00426. The van der Waals surface area contributed by atoms with E-state index in [1.807, 2.05) is 19.1 Å². The molecule has 0 unspecified atom stereocenters. The van der Waals surface area contributed by atoms with Crippen LogP contribution in [0.3, 0.4) is 0 Å². The lowest BCUT2D eigenvalue weighted by molar-refractivity contribution is -0.142. The van der Waals surface area contributed by atoms with Crippen LogP contribution in [-0.2, 0) is 9.53 Å². The molecular formula is C22H25F3N2O3. The number of halogens is 3. The summed E-state index contributed by atoms with van der Waals surface area (Å²) in [5, 5.41) is 3.19. The molecule has 3 heterocycles. The van der Waals surface area contributed by atoms with Crippen molar-refractivity contribution in [2.45, 2.75) is 52.4 Å². The predicted molar refractivity (Wildman–Crippen MR) is 104 cm³/mol. The highest BCUT2D eigenvalue weighted by Crippen LogP contribution is 2.62. The van der Waals surface area contributed by atoms with E-state index in [4.69, 9.17) is 9.47 Å². The van der Waals surface area contributed by atoms with Gasteiger partial charge in [0.05, 0.1) is 31.4 Å². The fourth-order valence-electron chi connectivity index (χ4n) is 4.91. The van der Waals surface area contributed by atoms with Gasteiger partial charge in [-0.15, -0.1) is 0 Å². The van der Waals surface area contributed by atoms with Crippen LogP contribution in [-0.4, -0.2) is 41.9 Å². The Bertz CT molecular complexity index is 947. The number of methoxy groups -OCH3 is 1. The Morgan fingerprint density at radius 2 is 1.83 bits per heavy atom. The van der Waals surface area contributed by atoms with Crippen LogP contribution in [0.2, 0.25) is 0 Å². The van der Waals surface area contributed by atoms with Crippen molar-refractivity contribution in [1.82, 2.24) is 10.0 Å². The smallest absolute Gasteiger partial charge is 0.417 e. The third-order valence-electron chi connectivity index (χ3n) is 6.55. The van der Waals surface area contributed by atoms with Gasteiger partial charge in [0.1, 0.15) is 5.75 Å². The van der Waals surface area contributed by atoms with Gasteiger partial charge in [0.25, 0.3) is 0 Å². The van der Waals surface area contributed by atoms with E-state index in [9.17, 15) is 18.0 Å². The van der Waals surface area contributed by atoms with E-state index in [0.29, 0.717) is 12.2 Å². The van der Waals surface area contributed by atoms with Crippen LogP contribution in [0.25, 0.3) is 0 Å². The molecule has 0 saturated carbocycles. The zero-order valence-corrected chi connectivity index (χ0v) is 17.6. The van der Waals surface area contributed by atoms with Crippen molar-refractivity contribution in [3.63, 3.8) is 0 Å². The van der Waals surface area contributed by atoms with Crippen molar-refractivity contribution in [2.75, 3.05) is 13.7 Å². The molecule has 1 fully saturated rings. The van der Waals surface area contributed by atoms with Crippen molar-refractivity contribution in [3.05, 3.63) is 52.4 Å². The molecule has 2 atom stereocenters. The van der Waals surface area contributed by atoms with Crippen molar-refractivity contribution >= 4 is 5.97 Å². The SMILES string of the molecule is CCOC(=O)C1=C(C(F)(F)F)[C@H]2N3C(=C(C)C2(C)C)C[C@@H](c2ccc(OC)cc2)N13. The van der Waals surface area contributed by atoms with E-state index >= 15 is 0 Å². The van der Waals surface area contributed by atoms with E-state index in [-0.39, 0.29) is 6.61 Å². The Morgan fingerprint density at radius 3 is 2.37 bits per heavy atom. The summed E-state index contributed by atoms with van der Waals surface area (Å²) in [6, 6.07) is 5.78. The first-order valence-electron chi connectivity index (χ1n) is 9.95. The Labute approximate surface area is 173 Å². The molecule has 1 aromatic rings. The predicted octanol–water partition coefficient (Wildman–Crippen LogP) is 4.73. The van der Waals surface area contributed by atoms with Crippen LogP contribution in [0.5, 0.6) is 5.75 Å². The van der Waals surface area contributed by atoms with Gasteiger partial charge < -0.3 is 9.47 Å². The van der Waals surface area contributed by atoms with Crippen molar-refractivity contribution in [3.8, 4) is 5.75 Å². The van der Waals surface area contributed by atoms with Crippen molar-refractivity contribution in [2.24, 2.45) is 5.41 Å². The first-order valence-corrected chi connectivity index (χ1v) is 9.95. The number of carbonyl (C=O) groups excluding carboxylic acids is 1. The van der Waals surface area contributed by atoms with Crippen LogP contribution in [0.15, 0.2) is 46.8 Å². The summed E-state index contributed by atoms with van der Waals surface area (Å²) in [7, 11) is 1.55. The Morgan fingerprint density at radius 1 is 1.20 bits per heavy atom. The molecule has 0 N–H and O–H groups in total. The first kappa shape index (κ1) is 20.6. The van der Waals surface area contributed by atoms with E-state index in [0.717, 1.165) is 16.8 Å². The van der Waals surface area contributed by atoms with Crippen LogP contribution >= 0.6 is 0 Å². The summed E-state index contributed by atoms with van der Waals surface area (Å²) in [5.74, 6) is -0.280. The molecule has 162 valence electrons. The second kappa shape index (κ2) is 6.68. The first-order chi connectivity index (χ1) is 14.0. The number of esters is 1. The highest BCUT2D eigenvalue weighted by molar-refractivity contribution is 5.90. The third kappa shape index (κ3) is 2.72. The molecular weight excluding hydrogens is 397 g/mol. The number of rotatable bonds is 4. The summed E-state index contributed by atoms with van der Waals surface area (Å²) in [6.07, 6.45) is -4.14. The van der Waals surface area contributed by atoms with Gasteiger partial charge in [-0.05, 0) is 37.1 Å². The minimum Gasteiger partial charge on any atom is -0.497 e. The van der Waals surface area contributed by atoms with Gasteiger partial charge in [-0.2, -0.15) is 13.2 Å². The lowest BCUT2D eigenvalue weighted by Crippen LogP contribution is -2.42. The number of hydrogen-bond donors (Lipinski definition) is 0. The highest BCUT2D eigenvalue weighted by Gasteiger charge is 2.65. The van der Waals surface area contributed by atoms with Gasteiger partial charge in [-0.1, -0.05) is 26.0 Å². The number of benzene rings is 1. The highest BCUT2D eigenvalue weighted by atomic mass is 19.4. The van der Waals surface area contributed by atoms with E-state index < -0.39 is 40.9 Å². The molecule has 0 aromatic heterocycles. The average Bonchev–Trinajstić information content (AvgIpc) is 3.28. The van der Waals surface area contributed by atoms with Gasteiger partial charge in [-0.3, -0.25) is 10.0 Å². The molecule has 0 aliphatic carbocycles. The molecule has 1 saturated heterocycles. The van der Waals surface area contributed by atoms with Crippen LogP contribution in [0, 0.1) is 5.41 Å². The van der Waals surface area contributed by atoms with E-state index in [2.05, 4.69) is 0 Å². The summed E-state index contributed by atoms with van der Waals surface area (Å²) in [4.78, 5) is 12.8. The Balaban J connectivity index is 1.92. The normalized spacial score (nSPS) is 24.7. The van der Waals surface area contributed by atoms with Gasteiger partial charge >= 0.3 is 12.1 Å². The van der Waals surface area contributed by atoms with Gasteiger partial charge in [-0.25, -0.2) is 4.79 Å². The number of nitrogens with zero attached hydrogens (tertiary/aromatic N) is 2. The topological polar surface area (TPSA) is 42.0 Å². The lowest BCUT2D eigenvalue weighted by Gasteiger charge is -2.36. The largest absolute Gasteiger partial charge is 0.497 e. The van der Waals surface area contributed by atoms with Crippen molar-refractivity contribution in [1.29, 1.82) is 0 Å². The second-order valence-electron chi connectivity index (χ2n) is 8.36. The standard InChI is InChI=1S/C22H25F3N2O3/c1-6-30-20(28)18-17(22(23,24)25)19-21(3,4)12(2)15-11-16(26(18)27(15)19)13-7-9-14(29-5)10-8-13/h7-10,16,19H,6,11H2,1-5H3/t16-,19+/m0/s1. The molecule has 1 aromatic carbocycles. The van der Waals surface area contributed by atoms with Gasteiger partial charge in [0.2, 0.25) is 0 Å². The molecule has 0 spiro atoms. The summed E-state index contributed by atoms with van der Waals surface area (Å²) in [6.45, 7) is 7.09. The number of hydrazine groups is 1. The fourth-order valence-corrected chi connectivity index (χ4v) is 4.91. The second-order valence-corrected chi connectivity index (χ2v) is 8.36. The summed E-state index contributed by atoms with van der Waals surface area (Å²) < 4.78 is 53.2. The zero-order valence-electron chi connectivity index (χ0n) is 17.6. The fraction of sp³-hybridized carbons (Fsp3) is 0.500. The average molecular weight is 422 g/mol. The Kier molecular flexibility index (Phi) is 4.60. The number of alkyl halides is 3. The summed E-state index contributed by atoms with van der Waals surface area (Å²) >= 11 is 0. The quantitative estimate of drug-likeness (QED) is 0.656. The van der Waals surface area contributed by atoms with Gasteiger partial charge in [0, 0.05) is 17.5 Å². The lowest BCUT2D eigenvalue weighted by atomic mass is 9.77. The molecule has 5 nitrogen and oxygen atoms in total. The molecule has 0 bridgehead atoms. The molecule has 3 aliphatic rings. The summed E-state index contributed by atoms with van der Waals surface area (Å²) in [5.41, 5.74) is 0.582. The molecule has 0 amide bonds. The number of ether oxygens (including phenoxy) is 2. The van der Waals surface area contributed by atoms with Crippen LogP contribution in [0.4, 0.5) is 13.2 Å². The molecule has 0 radical (unpaired) electrons. The monoisotopic (exact) mass is 422 g/mol. The van der Waals surface area contributed by atoms with Gasteiger partial charge in [0.15, 0.2) is 5.70 Å². The maximum absolute atomic E-state index is 14.3. The molecule has 30 heavy (non-hydrogen) atoms. The molecule has 3 aliphatic heterocycles. The van der Waals surface area contributed by atoms with E-state index in [1.165, 1.54) is 5.01 Å². The molecule has 8 heteroatoms. The third-order valence-corrected chi connectivity index (χ3v) is 6.55. The Hall–Kier alpha value is -2.64. The van der Waals surface area contributed by atoms with Crippen molar-refractivity contribution < 1.29 is 27.4 Å². The maximum atomic E-state index is 14.3. The zero-order chi connectivity index (χ0) is 22.0. The maximum Gasteiger partial charge on any atom is 0.417 e. The van der Waals surface area contributed by atoms with E-state index in [1.54, 1.807) is 45.0 Å². The van der Waals surface area contributed by atoms with Crippen LogP contribution < -0.4 is 4.74 Å². The minimum atomic E-state index is -4.66. The number of carbonyl (C=O) groups is 1. The van der Waals surface area contributed by atoms with Crippen LogP contribution in [0.1, 0.15) is 45.7 Å². The number of hydrogen-bond acceptors (Lipinski definition) is 5. The molecule has 4 rings (SSSR count).